The second-order valence-electron chi connectivity index (χ2n) is 4.31. The van der Waals surface area contributed by atoms with Crippen LogP contribution in [0.4, 0.5) is 5.69 Å². The zero-order valence-electron chi connectivity index (χ0n) is 11.1. The van der Waals surface area contributed by atoms with Crippen molar-refractivity contribution in [3.05, 3.63) is 23.5 Å². The van der Waals surface area contributed by atoms with E-state index >= 15 is 0 Å². The summed E-state index contributed by atoms with van der Waals surface area (Å²) in [6.07, 6.45) is 2.28. The van der Waals surface area contributed by atoms with Crippen molar-refractivity contribution in [2.75, 3.05) is 5.73 Å². The first-order valence-corrected chi connectivity index (χ1v) is 6.02. The van der Waals surface area contributed by atoms with Gasteiger partial charge in [-0.3, -0.25) is 9.89 Å². The van der Waals surface area contributed by atoms with Gasteiger partial charge in [-0.15, -0.1) is 10.2 Å². The third kappa shape index (κ3) is 2.42. The normalized spacial score (nSPS) is 12.4. The molecule has 8 heteroatoms. The smallest absolute Gasteiger partial charge is 0.274 e. The summed E-state index contributed by atoms with van der Waals surface area (Å²) in [6.45, 7) is 3.76. The number of anilines is 1. The minimum absolute atomic E-state index is 0.214. The Hall–Kier alpha value is -2.38. The van der Waals surface area contributed by atoms with Crippen molar-refractivity contribution in [1.82, 2.24) is 30.3 Å². The number of hydrogen-bond donors (Lipinski definition) is 3. The molecule has 1 unspecified atom stereocenters. The van der Waals surface area contributed by atoms with Crippen LogP contribution >= 0.6 is 0 Å². The van der Waals surface area contributed by atoms with Crippen LogP contribution in [-0.4, -0.2) is 30.9 Å². The lowest BCUT2D eigenvalue weighted by Gasteiger charge is -2.12. The van der Waals surface area contributed by atoms with E-state index in [2.05, 4.69) is 25.7 Å². The Morgan fingerprint density at radius 1 is 1.63 bits per heavy atom. The van der Waals surface area contributed by atoms with E-state index < -0.39 is 0 Å². The van der Waals surface area contributed by atoms with Crippen LogP contribution in [-0.2, 0) is 13.5 Å². The summed E-state index contributed by atoms with van der Waals surface area (Å²) in [6, 6.07) is -0.277. The topological polar surface area (TPSA) is 115 Å². The first-order chi connectivity index (χ1) is 9.04. The van der Waals surface area contributed by atoms with Crippen LogP contribution in [0.15, 0.2) is 6.33 Å². The third-order valence-corrected chi connectivity index (χ3v) is 2.93. The van der Waals surface area contributed by atoms with Gasteiger partial charge in [0.05, 0.1) is 17.4 Å². The number of aryl methyl sites for hydroxylation is 2. The van der Waals surface area contributed by atoms with Crippen LogP contribution in [0.5, 0.6) is 0 Å². The predicted molar refractivity (Wildman–Crippen MR) is 69.3 cm³/mol. The van der Waals surface area contributed by atoms with Crippen molar-refractivity contribution in [2.24, 2.45) is 7.05 Å². The fourth-order valence-corrected chi connectivity index (χ4v) is 1.84. The van der Waals surface area contributed by atoms with Crippen LogP contribution < -0.4 is 11.1 Å². The molecular weight excluding hydrogens is 246 g/mol. The van der Waals surface area contributed by atoms with Gasteiger partial charge < -0.3 is 15.6 Å². The van der Waals surface area contributed by atoms with Crippen molar-refractivity contribution in [2.45, 2.75) is 26.3 Å². The molecule has 19 heavy (non-hydrogen) atoms. The summed E-state index contributed by atoms with van der Waals surface area (Å²) in [5, 5.41) is 17.2. The Balaban J connectivity index is 2.13. The maximum Gasteiger partial charge on any atom is 0.274 e. The fourth-order valence-electron chi connectivity index (χ4n) is 1.84. The summed E-state index contributed by atoms with van der Waals surface area (Å²) in [5.74, 6) is 0.335. The molecule has 0 spiro atoms. The number of rotatable bonds is 4. The van der Waals surface area contributed by atoms with E-state index in [0.29, 0.717) is 17.9 Å². The molecule has 0 aromatic carbocycles. The van der Waals surface area contributed by atoms with Gasteiger partial charge in [-0.1, -0.05) is 6.92 Å². The molecule has 2 aromatic heterocycles. The van der Waals surface area contributed by atoms with Crippen LogP contribution in [0.3, 0.4) is 0 Å². The Morgan fingerprint density at radius 3 is 2.89 bits per heavy atom. The molecule has 0 aliphatic heterocycles. The van der Waals surface area contributed by atoms with E-state index in [9.17, 15) is 4.79 Å². The average molecular weight is 263 g/mol. The van der Waals surface area contributed by atoms with Crippen molar-refractivity contribution < 1.29 is 4.79 Å². The van der Waals surface area contributed by atoms with Gasteiger partial charge in [0.25, 0.3) is 5.91 Å². The summed E-state index contributed by atoms with van der Waals surface area (Å²) < 4.78 is 1.75. The highest BCUT2D eigenvalue weighted by atomic mass is 16.2. The van der Waals surface area contributed by atoms with Gasteiger partial charge in [0, 0.05) is 7.05 Å². The van der Waals surface area contributed by atoms with Crippen molar-refractivity contribution in [1.29, 1.82) is 0 Å². The highest BCUT2D eigenvalue weighted by molar-refractivity contribution is 5.97. The predicted octanol–water partition coefficient (Wildman–Crippen LogP) is 0.174. The van der Waals surface area contributed by atoms with E-state index in [1.54, 1.807) is 10.9 Å². The number of nitrogens with zero attached hydrogens (tertiary/aromatic N) is 4. The SMILES string of the molecule is CCc1[nH]nc(C(=O)NC(C)c2nncn2C)c1N. The van der Waals surface area contributed by atoms with Gasteiger partial charge >= 0.3 is 0 Å². The largest absolute Gasteiger partial charge is 0.395 e. The van der Waals surface area contributed by atoms with Crippen LogP contribution in [0.25, 0.3) is 0 Å². The van der Waals surface area contributed by atoms with Crippen molar-refractivity contribution in [3.8, 4) is 0 Å². The molecule has 4 N–H and O–H groups in total. The number of hydrogen-bond acceptors (Lipinski definition) is 5. The Labute approximate surface area is 110 Å². The standard InChI is InChI=1S/C11H17N7O/c1-4-7-8(12)9(16-15-7)11(19)14-6(2)10-17-13-5-18(10)3/h5-6H,4,12H2,1-3H3,(H,14,19)(H,15,16). The Bertz CT molecular complexity index is 586. The molecule has 1 atom stereocenters. The maximum absolute atomic E-state index is 12.1. The number of carbonyl (C=O) groups excluding carboxylic acids is 1. The number of nitrogens with one attached hydrogen (secondary N) is 2. The second-order valence-corrected chi connectivity index (χ2v) is 4.31. The van der Waals surface area contributed by atoms with Gasteiger partial charge in [0.15, 0.2) is 11.5 Å². The second kappa shape index (κ2) is 5.09. The van der Waals surface area contributed by atoms with E-state index in [1.165, 1.54) is 0 Å². The highest BCUT2D eigenvalue weighted by Crippen LogP contribution is 2.16. The Kier molecular flexibility index (Phi) is 3.50. The number of amides is 1. The molecule has 0 saturated heterocycles. The molecule has 2 aromatic rings. The summed E-state index contributed by atoms with van der Waals surface area (Å²) >= 11 is 0. The summed E-state index contributed by atoms with van der Waals surface area (Å²) in [7, 11) is 1.82. The zero-order valence-corrected chi connectivity index (χ0v) is 11.1. The van der Waals surface area contributed by atoms with Gasteiger partial charge in [-0.05, 0) is 13.3 Å². The number of H-pyrrole nitrogens is 1. The molecular formula is C11H17N7O. The zero-order chi connectivity index (χ0) is 14.0. The van der Waals surface area contributed by atoms with Gasteiger partial charge in [-0.25, -0.2) is 0 Å². The lowest BCUT2D eigenvalue weighted by atomic mass is 10.2. The van der Waals surface area contributed by atoms with Gasteiger partial charge in [0.2, 0.25) is 0 Å². The molecule has 102 valence electrons. The van der Waals surface area contributed by atoms with E-state index in [4.69, 9.17) is 5.73 Å². The van der Waals surface area contributed by atoms with Crippen molar-refractivity contribution in [3.63, 3.8) is 0 Å². The van der Waals surface area contributed by atoms with E-state index in [-0.39, 0.29) is 17.6 Å². The molecule has 0 radical (unpaired) electrons. The maximum atomic E-state index is 12.1. The molecule has 0 aliphatic rings. The number of nitrogen functional groups attached to an aromatic ring is 1. The van der Waals surface area contributed by atoms with Crippen LogP contribution in [0, 0.1) is 0 Å². The molecule has 0 aliphatic carbocycles. The molecule has 0 fully saturated rings. The first kappa shape index (κ1) is 13.1. The van der Waals surface area contributed by atoms with Crippen LogP contribution in [0.1, 0.15) is 41.9 Å². The van der Waals surface area contributed by atoms with Crippen molar-refractivity contribution >= 4 is 11.6 Å². The van der Waals surface area contributed by atoms with E-state index in [0.717, 1.165) is 5.69 Å². The molecule has 2 rings (SSSR count). The highest BCUT2D eigenvalue weighted by Gasteiger charge is 2.20. The van der Waals surface area contributed by atoms with E-state index in [1.807, 2.05) is 20.9 Å². The molecule has 8 nitrogen and oxygen atoms in total. The number of aromatic amines is 1. The summed E-state index contributed by atoms with van der Waals surface area (Å²) in [5.41, 5.74) is 7.22. The molecule has 2 heterocycles. The molecule has 0 saturated carbocycles. The lowest BCUT2D eigenvalue weighted by molar-refractivity contribution is 0.0933. The average Bonchev–Trinajstić information content (AvgIpc) is 2.95. The molecule has 0 bridgehead atoms. The lowest BCUT2D eigenvalue weighted by Crippen LogP contribution is -2.29. The minimum Gasteiger partial charge on any atom is -0.395 e. The number of aromatic nitrogens is 5. The third-order valence-electron chi connectivity index (χ3n) is 2.93. The minimum atomic E-state index is -0.330. The summed E-state index contributed by atoms with van der Waals surface area (Å²) in [4.78, 5) is 12.1. The Morgan fingerprint density at radius 2 is 2.37 bits per heavy atom. The quantitative estimate of drug-likeness (QED) is 0.727. The monoisotopic (exact) mass is 263 g/mol. The fraction of sp³-hybridized carbons (Fsp3) is 0.455. The number of nitrogens with two attached hydrogens (primary N) is 1. The van der Waals surface area contributed by atoms with Crippen LogP contribution in [0.2, 0.25) is 0 Å². The first-order valence-electron chi connectivity index (χ1n) is 6.02. The molecule has 1 amide bonds. The van der Waals surface area contributed by atoms with Gasteiger partial charge in [0.1, 0.15) is 6.33 Å². The van der Waals surface area contributed by atoms with Gasteiger partial charge in [-0.2, -0.15) is 5.10 Å². The number of carbonyl (C=O) groups is 1.